The molecule has 1 heterocycles. The molecular formula is C20H17F2N2O4S-. The first-order valence-corrected chi connectivity index (χ1v) is 9.58. The van der Waals surface area contributed by atoms with Gasteiger partial charge in [0, 0.05) is 54.3 Å². The second-order valence-electron chi connectivity index (χ2n) is 6.38. The molecule has 1 aromatic heterocycles. The average Bonchev–Trinajstić information content (AvgIpc) is 2.66. The standard InChI is InChI=1S/C20H18F2N2O4S/c1-12-7-20(25)24(2)11-16(12)15-8-13(10-23-29(26)27)3-5-18(15)28-19-6-4-14(21)9-17(19)22/h3-9,11,23H,10H2,1-2H3,(H,26,27)/p-1. The predicted octanol–water partition coefficient (Wildman–Crippen LogP) is 3.31. The Morgan fingerprint density at radius 3 is 2.52 bits per heavy atom. The zero-order chi connectivity index (χ0) is 21.1. The van der Waals surface area contributed by atoms with Gasteiger partial charge in [-0.3, -0.25) is 9.00 Å². The van der Waals surface area contributed by atoms with Crippen LogP contribution in [-0.4, -0.2) is 13.3 Å². The smallest absolute Gasteiger partial charge is 0.250 e. The van der Waals surface area contributed by atoms with E-state index in [9.17, 15) is 22.3 Å². The highest BCUT2D eigenvalue weighted by molar-refractivity contribution is 7.77. The summed E-state index contributed by atoms with van der Waals surface area (Å²) in [5.41, 5.74) is 2.27. The molecule has 2 aromatic carbocycles. The molecule has 0 fully saturated rings. The molecule has 6 nitrogen and oxygen atoms in total. The molecule has 0 aliphatic rings. The van der Waals surface area contributed by atoms with E-state index >= 15 is 0 Å². The highest BCUT2D eigenvalue weighted by atomic mass is 32.2. The molecule has 3 aromatic rings. The van der Waals surface area contributed by atoms with Gasteiger partial charge in [0.05, 0.1) is 0 Å². The first-order valence-electron chi connectivity index (χ1n) is 8.51. The Balaban J connectivity index is 2.11. The van der Waals surface area contributed by atoms with Gasteiger partial charge < -0.3 is 13.9 Å². The number of aromatic nitrogens is 1. The first kappa shape index (κ1) is 20.8. The van der Waals surface area contributed by atoms with E-state index in [0.29, 0.717) is 28.3 Å². The Bertz CT molecular complexity index is 1150. The molecule has 0 saturated carbocycles. The van der Waals surface area contributed by atoms with Crippen LogP contribution in [0.4, 0.5) is 8.78 Å². The molecule has 0 radical (unpaired) electrons. The van der Waals surface area contributed by atoms with Crippen LogP contribution in [-0.2, 0) is 24.9 Å². The van der Waals surface area contributed by atoms with Crippen molar-refractivity contribution in [3.05, 3.63) is 81.8 Å². The maximum atomic E-state index is 14.1. The third-order valence-corrected chi connectivity index (χ3v) is 4.66. The quantitative estimate of drug-likeness (QED) is 0.622. The van der Waals surface area contributed by atoms with Crippen LogP contribution in [0.2, 0.25) is 0 Å². The Labute approximate surface area is 168 Å². The lowest BCUT2D eigenvalue weighted by molar-refractivity contribution is 0.439. The molecule has 0 amide bonds. The third-order valence-electron chi connectivity index (χ3n) is 4.28. The third kappa shape index (κ3) is 4.94. The number of nitrogens with zero attached hydrogens (tertiary/aromatic N) is 1. The zero-order valence-electron chi connectivity index (χ0n) is 15.6. The Morgan fingerprint density at radius 2 is 1.83 bits per heavy atom. The number of nitrogens with one attached hydrogen (secondary N) is 1. The molecule has 9 heteroatoms. The van der Waals surface area contributed by atoms with Gasteiger partial charge in [-0.2, -0.15) is 0 Å². The van der Waals surface area contributed by atoms with Gasteiger partial charge in [-0.15, -0.1) is 0 Å². The molecule has 0 aliphatic heterocycles. The zero-order valence-corrected chi connectivity index (χ0v) is 16.4. The highest BCUT2D eigenvalue weighted by Crippen LogP contribution is 2.36. The van der Waals surface area contributed by atoms with Crippen molar-refractivity contribution in [1.82, 2.24) is 9.29 Å². The first-order chi connectivity index (χ1) is 13.7. The Kier molecular flexibility index (Phi) is 6.21. The topological polar surface area (TPSA) is 83.4 Å². The van der Waals surface area contributed by atoms with E-state index in [1.54, 1.807) is 38.4 Å². The molecule has 1 N–H and O–H groups in total. The number of aryl methyl sites for hydroxylation is 2. The summed E-state index contributed by atoms with van der Waals surface area (Å²) in [5.74, 6) is -1.48. The molecule has 0 saturated heterocycles. The minimum absolute atomic E-state index is 0.0408. The number of hydrogen-bond donors (Lipinski definition) is 1. The molecule has 3 rings (SSSR count). The molecule has 0 spiro atoms. The maximum absolute atomic E-state index is 14.1. The molecular weight excluding hydrogens is 402 g/mol. The van der Waals surface area contributed by atoms with Gasteiger partial charge in [0.25, 0.3) is 5.56 Å². The molecule has 1 unspecified atom stereocenters. The lowest BCUT2D eigenvalue weighted by Crippen LogP contribution is -2.16. The van der Waals surface area contributed by atoms with Crippen LogP contribution in [0.25, 0.3) is 11.1 Å². The average molecular weight is 419 g/mol. The fraction of sp³-hybridized carbons (Fsp3) is 0.150. The minimum Gasteiger partial charge on any atom is -0.760 e. The van der Waals surface area contributed by atoms with Gasteiger partial charge in [0.2, 0.25) is 0 Å². The van der Waals surface area contributed by atoms with E-state index in [1.165, 1.54) is 16.7 Å². The molecule has 0 aliphatic carbocycles. The van der Waals surface area contributed by atoms with E-state index < -0.39 is 22.9 Å². The fourth-order valence-electron chi connectivity index (χ4n) is 2.81. The number of rotatable bonds is 6. The van der Waals surface area contributed by atoms with Gasteiger partial charge in [0.15, 0.2) is 11.6 Å². The second-order valence-corrected chi connectivity index (χ2v) is 7.14. The number of hydrogen-bond acceptors (Lipinski definition) is 4. The summed E-state index contributed by atoms with van der Waals surface area (Å²) in [6.45, 7) is 1.79. The van der Waals surface area contributed by atoms with Crippen LogP contribution in [0.5, 0.6) is 11.5 Å². The van der Waals surface area contributed by atoms with Crippen molar-refractivity contribution < 1.29 is 22.3 Å². The maximum Gasteiger partial charge on any atom is 0.250 e. The van der Waals surface area contributed by atoms with Gasteiger partial charge in [0.1, 0.15) is 11.6 Å². The summed E-state index contributed by atoms with van der Waals surface area (Å²) in [7, 11) is 1.59. The normalized spacial score (nSPS) is 12.0. The predicted molar refractivity (Wildman–Crippen MR) is 104 cm³/mol. The van der Waals surface area contributed by atoms with E-state index in [-0.39, 0.29) is 23.6 Å². The fourth-order valence-corrected chi connectivity index (χ4v) is 3.10. The Hall–Kier alpha value is -2.88. The summed E-state index contributed by atoms with van der Waals surface area (Å²) in [6.07, 6.45) is 1.61. The Morgan fingerprint density at radius 1 is 1.10 bits per heavy atom. The molecule has 152 valence electrons. The van der Waals surface area contributed by atoms with Crippen molar-refractivity contribution in [2.24, 2.45) is 7.05 Å². The van der Waals surface area contributed by atoms with Crippen LogP contribution in [0.15, 0.2) is 53.5 Å². The van der Waals surface area contributed by atoms with Crippen molar-refractivity contribution >= 4 is 11.3 Å². The van der Waals surface area contributed by atoms with Crippen LogP contribution in [0.1, 0.15) is 11.1 Å². The van der Waals surface area contributed by atoms with Crippen LogP contribution in [0.3, 0.4) is 0 Å². The second kappa shape index (κ2) is 8.64. The van der Waals surface area contributed by atoms with Gasteiger partial charge in [-0.05, 0) is 42.3 Å². The van der Waals surface area contributed by atoms with Gasteiger partial charge in [-0.1, -0.05) is 6.07 Å². The SMILES string of the molecule is Cc1cc(=O)n(C)cc1-c1cc(CNS(=O)[O-])ccc1Oc1ccc(F)cc1F. The van der Waals surface area contributed by atoms with Crippen molar-refractivity contribution in [1.29, 1.82) is 0 Å². The van der Waals surface area contributed by atoms with Crippen molar-refractivity contribution in [2.75, 3.05) is 0 Å². The van der Waals surface area contributed by atoms with Crippen molar-refractivity contribution in [3.63, 3.8) is 0 Å². The summed E-state index contributed by atoms with van der Waals surface area (Å²) >= 11 is -2.43. The van der Waals surface area contributed by atoms with Crippen LogP contribution < -0.4 is 15.0 Å². The van der Waals surface area contributed by atoms with Gasteiger partial charge in [-0.25, -0.2) is 13.5 Å². The summed E-state index contributed by atoms with van der Waals surface area (Å²) < 4.78 is 58.2. The van der Waals surface area contributed by atoms with Crippen LogP contribution in [0, 0.1) is 18.6 Å². The lowest BCUT2D eigenvalue weighted by Gasteiger charge is -2.16. The largest absolute Gasteiger partial charge is 0.760 e. The van der Waals surface area contributed by atoms with E-state index in [4.69, 9.17) is 4.74 Å². The number of ether oxygens (including phenoxy) is 1. The highest BCUT2D eigenvalue weighted by Gasteiger charge is 2.15. The summed E-state index contributed by atoms with van der Waals surface area (Å²) in [5, 5.41) is 0. The van der Waals surface area contributed by atoms with Crippen molar-refractivity contribution in [2.45, 2.75) is 13.5 Å². The summed E-state index contributed by atoms with van der Waals surface area (Å²) in [6, 6.07) is 9.30. The summed E-state index contributed by atoms with van der Waals surface area (Å²) in [4.78, 5) is 11.9. The molecule has 29 heavy (non-hydrogen) atoms. The van der Waals surface area contributed by atoms with E-state index in [2.05, 4.69) is 4.72 Å². The van der Waals surface area contributed by atoms with E-state index in [0.717, 1.165) is 6.07 Å². The number of pyridine rings is 1. The van der Waals surface area contributed by atoms with Gasteiger partial charge >= 0.3 is 0 Å². The molecule has 0 bridgehead atoms. The monoisotopic (exact) mass is 419 g/mol. The number of benzene rings is 2. The van der Waals surface area contributed by atoms with Crippen LogP contribution >= 0.6 is 0 Å². The minimum atomic E-state index is -2.43. The number of halogens is 2. The lowest BCUT2D eigenvalue weighted by atomic mass is 9.99. The molecule has 1 atom stereocenters. The van der Waals surface area contributed by atoms with E-state index in [1.807, 2.05) is 0 Å². The van der Waals surface area contributed by atoms with Crippen molar-refractivity contribution in [3.8, 4) is 22.6 Å².